The standard InChI is InChI=1S/C20H15ClN4OS/c1-13-5-7-14(8-6-13)20-22-18(26-25-20)12-27-19-10-9-17(23-24-19)15-3-2-4-16(21)11-15/h2-11H,12H2,1H3. The molecule has 2 heterocycles. The van der Waals surface area contributed by atoms with E-state index in [-0.39, 0.29) is 0 Å². The topological polar surface area (TPSA) is 64.7 Å². The van der Waals surface area contributed by atoms with Crippen LogP contribution >= 0.6 is 23.4 Å². The maximum absolute atomic E-state index is 6.02. The van der Waals surface area contributed by atoms with E-state index < -0.39 is 0 Å². The highest BCUT2D eigenvalue weighted by Gasteiger charge is 2.10. The number of thioether (sulfide) groups is 1. The van der Waals surface area contributed by atoms with Gasteiger partial charge in [0.2, 0.25) is 11.7 Å². The third kappa shape index (κ3) is 4.35. The molecule has 0 spiro atoms. The zero-order chi connectivity index (χ0) is 18.6. The molecule has 4 aromatic rings. The molecular formula is C20H15ClN4OS. The van der Waals surface area contributed by atoms with Gasteiger partial charge in [-0.1, -0.05) is 70.5 Å². The fourth-order valence-corrected chi connectivity index (χ4v) is 3.31. The highest BCUT2D eigenvalue weighted by molar-refractivity contribution is 7.98. The third-order valence-electron chi connectivity index (χ3n) is 3.88. The maximum atomic E-state index is 6.02. The van der Waals surface area contributed by atoms with Crippen molar-refractivity contribution < 1.29 is 4.52 Å². The molecule has 0 bridgehead atoms. The van der Waals surface area contributed by atoms with E-state index in [9.17, 15) is 0 Å². The Hall–Kier alpha value is -2.70. The molecular weight excluding hydrogens is 380 g/mol. The predicted molar refractivity (Wildman–Crippen MR) is 107 cm³/mol. The fraction of sp³-hybridized carbons (Fsp3) is 0.100. The van der Waals surface area contributed by atoms with Gasteiger partial charge in [0.25, 0.3) is 0 Å². The largest absolute Gasteiger partial charge is 0.338 e. The van der Waals surface area contributed by atoms with Gasteiger partial charge in [0, 0.05) is 16.1 Å². The van der Waals surface area contributed by atoms with Gasteiger partial charge in [-0.25, -0.2) is 0 Å². The molecule has 0 aliphatic carbocycles. The number of aryl methyl sites for hydroxylation is 1. The number of halogens is 1. The molecule has 134 valence electrons. The van der Waals surface area contributed by atoms with Gasteiger partial charge in [-0.05, 0) is 31.2 Å². The second-order valence-corrected chi connectivity index (χ2v) is 7.37. The van der Waals surface area contributed by atoms with Gasteiger partial charge in [0.05, 0.1) is 11.4 Å². The Morgan fingerprint density at radius 3 is 2.56 bits per heavy atom. The fourth-order valence-electron chi connectivity index (χ4n) is 2.47. The first-order valence-corrected chi connectivity index (χ1v) is 9.66. The molecule has 5 nitrogen and oxygen atoms in total. The quantitative estimate of drug-likeness (QED) is 0.419. The molecule has 0 aliphatic rings. The van der Waals surface area contributed by atoms with Crippen LogP contribution in [0.1, 0.15) is 11.5 Å². The number of rotatable bonds is 5. The first-order valence-electron chi connectivity index (χ1n) is 8.29. The van der Waals surface area contributed by atoms with Crippen LogP contribution in [0.4, 0.5) is 0 Å². The molecule has 0 radical (unpaired) electrons. The molecule has 2 aromatic heterocycles. The van der Waals surface area contributed by atoms with Crippen molar-refractivity contribution in [3.05, 3.63) is 77.1 Å². The van der Waals surface area contributed by atoms with Crippen LogP contribution in [0.15, 0.2) is 70.2 Å². The molecule has 0 N–H and O–H groups in total. The molecule has 0 atom stereocenters. The van der Waals surface area contributed by atoms with Crippen molar-refractivity contribution in [3.63, 3.8) is 0 Å². The van der Waals surface area contributed by atoms with E-state index >= 15 is 0 Å². The first-order chi connectivity index (χ1) is 13.2. The predicted octanol–water partition coefficient (Wildman–Crippen LogP) is 5.45. The zero-order valence-corrected chi connectivity index (χ0v) is 16.0. The molecule has 0 saturated heterocycles. The van der Waals surface area contributed by atoms with Crippen LogP contribution < -0.4 is 0 Å². The van der Waals surface area contributed by atoms with E-state index in [1.807, 2.05) is 67.6 Å². The Morgan fingerprint density at radius 1 is 0.963 bits per heavy atom. The summed E-state index contributed by atoms with van der Waals surface area (Å²) in [5, 5.41) is 14.0. The minimum absolute atomic E-state index is 0.532. The lowest BCUT2D eigenvalue weighted by molar-refractivity contribution is 0.391. The average molecular weight is 395 g/mol. The zero-order valence-electron chi connectivity index (χ0n) is 14.5. The SMILES string of the molecule is Cc1ccc(-c2noc(CSc3ccc(-c4cccc(Cl)c4)nn3)n2)cc1. The monoisotopic (exact) mass is 394 g/mol. The van der Waals surface area contributed by atoms with E-state index in [0.717, 1.165) is 21.8 Å². The summed E-state index contributed by atoms with van der Waals surface area (Å²) >= 11 is 7.52. The number of nitrogens with zero attached hydrogens (tertiary/aromatic N) is 4. The minimum Gasteiger partial charge on any atom is -0.338 e. The van der Waals surface area contributed by atoms with Crippen molar-refractivity contribution in [2.45, 2.75) is 17.7 Å². The molecule has 0 saturated carbocycles. The summed E-state index contributed by atoms with van der Waals surface area (Å²) < 4.78 is 5.33. The van der Waals surface area contributed by atoms with E-state index in [1.54, 1.807) is 0 Å². The van der Waals surface area contributed by atoms with Gasteiger partial charge >= 0.3 is 0 Å². The number of hydrogen-bond acceptors (Lipinski definition) is 6. The summed E-state index contributed by atoms with van der Waals surface area (Å²) in [6.45, 7) is 2.04. The average Bonchev–Trinajstić information content (AvgIpc) is 3.16. The van der Waals surface area contributed by atoms with Crippen LogP contribution in [0.5, 0.6) is 0 Å². The van der Waals surface area contributed by atoms with Crippen molar-refractivity contribution in [2.75, 3.05) is 0 Å². The van der Waals surface area contributed by atoms with Crippen LogP contribution in [0.2, 0.25) is 5.02 Å². The summed E-state index contributed by atoms with van der Waals surface area (Å²) in [6.07, 6.45) is 0. The van der Waals surface area contributed by atoms with Gasteiger partial charge < -0.3 is 4.52 Å². The molecule has 0 fully saturated rings. The second kappa shape index (κ2) is 7.90. The number of hydrogen-bond donors (Lipinski definition) is 0. The summed E-state index contributed by atoms with van der Waals surface area (Å²) in [5.74, 6) is 1.67. The summed E-state index contributed by atoms with van der Waals surface area (Å²) in [6, 6.07) is 19.4. The van der Waals surface area contributed by atoms with Gasteiger partial charge in [0.15, 0.2) is 0 Å². The Balaban J connectivity index is 1.41. The van der Waals surface area contributed by atoms with Crippen LogP contribution in [0.3, 0.4) is 0 Å². The Bertz CT molecular complexity index is 1050. The third-order valence-corrected chi connectivity index (χ3v) is 5.02. The van der Waals surface area contributed by atoms with Crippen molar-refractivity contribution in [1.29, 1.82) is 0 Å². The number of benzene rings is 2. The Morgan fingerprint density at radius 2 is 1.81 bits per heavy atom. The minimum atomic E-state index is 0.532. The highest BCUT2D eigenvalue weighted by Crippen LogP contribution is 2.25. The molecule has 27 heavy (non-hydrogen) atoms. The normalized spacial score (nSPS) is 10.9. The summed E-state index contributed by atoms with van der Waals surface area (Å²) in [4.78, 5) is 4.44. The Labute approximate surface area is 165 Å². The van der Waals surface area contributed by atoms with E-state index in [0.29, 0.717) is 22.5 Å². The van der Waals surface area contributed by atoms with E-state index in [4.69, 9.17) is 16.1 Å². The van der Waals surface area contributed by atoms with Crippen molar-refractivity contribution in [2.24, 2.45) is 0 Å². The molecule has 0 aliphatic heterocycles. The van der Waals surface area contributed by atoms with Crippen molar-refractivity contribution in [3.8, 4) is 22.6 Å². The van der Waals surface area contributed by atoms with Gasteiger partial charge in [0.1, 0.15) is 5.03 Å². The van der Waals surface area contributed by atoms with E-state index in [1.165, 1.54) is 17.3 Å². The van der Waals surface area contributed by atoms with Gasteiger partial charge in [-0.2, -0.15) is 4.98 Å². The maximum Gasteiger partial charge on any atom is 0.237 e. The van der Waals surface area contributed by atoms with Gasteiger partial charge in [-0.15, -0.1) is 10.2 Å². The lowest BCUT2D eigenvalue weighted by Gasteiger charge is -2.02. The smallest absolute Gasteiger partial charge is 0.237 e. The highest BCUT2D eigenvalue weighted by atomic mass is 35.5. The van der Waals surface area contributed by atoms with Crippen LogP contribution in [0.25, 0.3) is 22.6 Å². The summed E-state index contributed by atoms with van der Waals surface area (Å²) in [7, 11) is 0. The van der Waals surface area contributed by atoms with Crippen LogP contribution in [-0.4, -0.2) is 20.3 Å². The Kier molecular flexibility index (Phi) is 5.18. The molecule has 7 heteroatoms. The first kappa shape index (κ1) is 17.7. The molecule has 0 unspecified atom stereocenters. The lowest BCUT2D eigenvalue weighted by Crippen LogP contribution is -1.90. The second-order valence-electron chi connectivity index (χ2n) is 5.93. The molecule has 2 aromatic carbocycles. The number of aromatic nitrogens is 4. The van der Waals surface area contributed by atoms with Crippen molar-refractivity contribution in [1.82, 2.24) is 20.3 Å². The lowest BCUT2D eigenvalue weighted by atomic mass is 10.1. The molecule has 0 amide bonds. The molecule has 4 rings (SSSR count). The van der Waals surface area contributed by atoms with Crippen LogP contribution in [-0.2, 0) is 5.75 Å². The van der Waals surface area contributed by atoms with E-state index in [2.05, 4.69) is 20.3 Å². The van der Waals surface area contributed by atoms with Gasteiger partial charge in [-0.3, -0.25) is 0 Å². The van der Waals surface area contributed by atoms with Crippen LogP contribution in [0, 0.1) is 6.92 Å². The van der Waals surface area contributed by atoms with Crippen molar-refractivity contribution >= 4 is 23.4 Å². The summed E-state index contributed by atoms with van der Waals surface area (Å²) in [5.41, 5.74) is 3.84.